The first-order valence-corrected chi connectivity index (χ1v) is 7.33. The van der Waals surface area contributed by atoms with Crippen LogP contribution >= 0.6 is 0 Å². The van der Waals surface area contributed by atoms with Crippen LogP contribution in [0, 0.1) is 12.3 Å². The van der Waals surface area contributed by atoms with Gasteiger partial charge in [0, 0.05) is 5.56 Å². The van der Waals surface area contributed by atoms with Crippen molar-refractivity contribution >= 4 is 15.9 Å². The van der Waals surface area contributed by atoms with Gasteiger partial charge in [0.1, 0.15) is 0 Å². The Bertz CT molecular complexity index is 585. The van der Waals surface area contributed by atoms with Crippen molar-refractivity contribution in [3.8, 4) is 12.3 Å². The van der Waals surface area contributed by atoms with Gasteiger partial charge in [-0.15, -0.1) is 6.42 Å². The molecule has 0 aliphatic rings. The van der Waals surface area contributed by atoms with Crippen LogP contribution in [-0.4, -0.2) is 20.4 Å². The minimum atomic E-state index is -3.75. The Labute approximate surface area is 113 Å². The quantitative estimate of drug-likeness (QED) is 0.784. The molecule has 6 heteroatoms. The van der Waals surface area contributed by atoms with E-state index in [4.69, 9.17) is 11.6 Å². The molecule has 0 spiro atoms. The lowest BCUT2D eigenvalue weighted by atomic mass is 10.1. The number of primary sulfonamides is 1. The molecule has 1 aromatic carbocycles. The summed E-state index contributed by atoms with van der Waals surface area (Å²) in [5.74, 6) is 2.16. The van der Waals surface area contributed by atoms with Gasteiger partial charge in [0.05, 0.1) is 10.9 Å². The third kappa shape index (κ3) is 4.39. The van der Waals surface area contributed by atoms with Crippen LogP contribution in [0.5, 0.6) is 0 Å². The molecular weight excluding hydrogens is 264 g/mol. The fraction of sp³-hybridized carbons (Fsp3) is 0.308. The Morgan fingerprint density at radius 1 is 1.42 bits per heavy atom. The van der Waals surface area contributed by atoms with Crippen molar-refractivity contribution < 1.29 is 13.2 Å². The zero-order valence-corrected chi connectivity index (χ0v) is 11.4. The molecule has 102 valence electrons. The normalized spacial score (nSPS) is 12.5. The summed E-state index contributed by atoms with van der Waals surface area (Å²) in [5.41, 5.74) is 0.337. The van der Waals surface area contributed by atoms with Crippen molar-refractivity contribution in [1.29, 1.82) is 0 Å². The molecule has 0 saturated heterocycles. The molecule has 1 atom stereocenters. The van der Waals surface area contributed by atoms with E-state index in [-0.39, 0.29) is 16.8 Å². The van der Waals surface area contributed by atoms with E-state index in [1.807, 2.05) is 6.92 Å². The van der Waals surface area contributed by atoms with Gasteiger partial charge >= 0.3 is 0 Å². The molecule has 5 nitrogen and oxygen atoms in total. The Morgan fingerprint density at radius 2 is 2.00 bits per heavy atom. The standard InChI is InChI=1S/C13H16N2O3S/c1-3-5-11(4-2)15-13(16)10-6-8-12(9-7-10)19(14,17)18/h2,6-9,11H,3,5H2,1H3,(H,15,16)(H2,14,17,18). The third-order valence-corrected chi connectivity index (χ3v) is 3.46. The summed E-state index contributed by atoms with van der Waals surface area (Å²) >= 11 is 0. The van der Waals surface area contributed by atoms with E-state index in [0.29, 0.717) is 12.0 Å². The lowest BCUT2D eigenvalue weighted by molar-refractivity contribution is 0.0944. The summed E-state index contributed by atoms with van der Waals surface area (Å²) in [6.07, 6.45) is 6.86. The number of terminal acetylenes is 1. The van der Waals surface area contributed by atoms with Gasteiger partial charge in [-0.3, -0.25) is 4.79 Å². The Morgan fingerprint density at radius 3 is 2.42 bits per heavy atom. The van der Waals surface area contributed by atoms with E-state index in [1.54, 1.807) is 0 Å². The molecule has 0 bridgehead atoms. The fourth-order valence-electron chi connectivity index (χ4n) is 1.52. The molecule has 0 saturated carbocycles. The monoisotopic (exact) mass is 280 g/mol. The van der Waals surface area contributed by atoms with Gasteiger partial charge in [0.2, 0.25) is 10.0 Å². The summed E-state index contributed by atoms with van der Waals surface area (Å²) in [4.78, 5) is 11.8. The minimum Gasteiger partial charge on any atom is -0.338 e. The summed E-state index contributed by atoms with van der Waals surface area (Å²) in [6, 6.07) is 5.04. The zero-order valence-electron chi connectivity index (χ0n) is 10.6. The number of rotatable bonds is 5. The number of carbonyl (C=O) groups excluding carboxylic acids is 1. The molecule has 0 aromatic heterocycles. The van der Waals surface area contributed by atoms with Gasteiger partial charge in [-0.1, -0.05) is 19.3 Å². The van der Waals surface area contributed by atoms with Crippen molar-refractivity contribution in [3.05, 3.63) is 29.8 Å². The highest BCUT2D eigenvalue weighted by atomic mass is 32.2. The van der Waals surface area contributed by atoms with E-state index in [0.717, 1.165) is 6.42 Å². The second-order valence-corrected chi connectivity index (χ2v) is 5.61. The summed E-state index contributed by atoms with van der Waals surface area (Å²) in [6.45, 7) is 1.97. The van der Waals surface area contributed by atoms with Crippen LogP contribution in [0.1, 0.15) is 30.1 Å². The second-order valence-electron chi connectivity index (χ2n) is 4.05. The Hall–Kier alpha value is -1.84. The van der Waals surface area contributed by atoms with Crippen LogP contribution in [0.15, 0.2) is 29.2 Å². The summed E-state index contributed by atoms with van der Waals surface area (Å²) < 4.78 is 22.1. The molecule has 3 N–H and O–H groups in total. The van der Waals surface area contributed by atoms with Crippen LogP contribution in [0.3, 0.4) is 0 Å². The van der Waals surface area contributed by atoms with Gasteiger partial charge in [-0.05, 0) is 30.7 Å². The van der Waals surface area contributed by atoms with Crippen LogP contribution in [-0.2, 0) is 10.0 Å². The van der Waals surface area contributed by atoms with Crippen LogP contribution in [0.25, 0.3) is 0 Å². The lowest BCUT2D eigenvalue weighted by Crippen LogP contribution is -2.33. The highest BCUT2D eigenvalue weighted by Crippen LogP contribution is 2.09. The molecule has 0 aliphatic heterocycles. The van der Waals surface area contributed by atoms with Crippen molar-refractivity contribution in [2.24, 2.45) is 5.14 Å². The molecule has 1 aromatic rings. The number of nitrogens with two attached hydrogens (primary N) is 1. The summed E-state index contributed by atoms with van der Waals surface area (Å²) in [7, 11) is -3.75. The van der Waals surface area contributed by atoms with Gasteiger partial charge in [0.15, 0.2) is 0 Å². The fourth-order valence-corrected chi connectivity index (χ4v) is 2.04. The third-order valence-electron chi connectivity index (χ3n) is 2.53. The van der Waals surface area contributed by atoms with Crippen molar-refractivity contribution in [3.63, 3.8) is 0 Å². The van der Waals surface area contributed by atoms with Crippen molar-refractivity contribution in [1.82, 2.24) is 5.32 Å². The van der Waals surface area contributed by atoms with Crippen LogP contribution in [0.2, 0.25) is 0 Å². The van der Waals surface area contributed by atoms with E-state index in [9.17, 15) is 13.2 Å². The van der Waals surface area contributed by atoms with Gasteiger partial charge in [0.25, 0.3) is 5.91 Å². The first-order valence-electron chi connectivity index (χ1n) is 5.78. The van der Waals surface area contributed by atoms with Gasteiger partial charge in [-0.2, -0.15) is 0 Å². The largest absolute Gasteiger partial charge is 0.338 e. The molecule has 0 radical (unpaired) electrons. The van der Waals surface area contributed by atoms with E-state index in [2.05, 4.69) is 11.2 Å². The maximum Gasteiger partial charge on any atom is 0.252 e. The predicted octanol–water partition coefficient (Wildman–Crippen LogP) is 0.866. The smallest absolute Gasteiger partial charge is 0.252 e. The number of hydrogen-bond donors (Lipinski definition) is 2. The number of benzene rings is 1. The maximum absolute atomic E-state index is 11.9. The lowest BCUT2D eigenvalue weighted by Gasteiger charge is -2.12. The average Bonchev–Trinajstić information content (AvgIpc) is 2.37. The Balaban J connectivity index is 2.82. The van der Waals surface area contributed by atoms with Crippen LogP contribution < -0.4 is 10.5 Å². The summed E-state index contributed by atoms with van der Waals surface area (Å²) in [5, 5.41) is 7.66. The van der Waals surface area contributed by atoms with E-state index in [1.165, 1.54) is 24.3 Å². The number of nitrogens with one attached hydrogen (secondary N) is 1. The molecule has 1 amide bonds. The molecule has 1 rings (SSSR count). The van der Waals surface area contributed by atoms with E-state index >= 15 is 0 Å². The second kappa shape index (κ2) is 6.36. The molecule has 19 heavy (non-hydrogen) atoms. The number of carbonyl (C=O) groups is 1. The molecular formula is C13H16N2O3S. The maximum atomic E-state index is 11.9. The SMILES string of the molecule is C#CC(CCC)NC(=O)c1ccc(S(N)(=O)=O)cc1. The highest BCUT2D eigenvalue weighted by Gasteiger charge is 2.12. The molecule has 0 heterocycles. The first kappa shape index (κ1) is 15.2. The minimum absolute atomic E-state index is 0.0360. The predicted molar refractivity (Wildman–Crippen MR) is 72.8 cm³/mol. The van der Waals surface area contributed by atoms with Crippen molar-refractivity contribution in [2.75, 3.05) is 0 Å². The molecule has 0 fully saturated rings. The number of hydrogen-bond acceptors (Lipinski definition) is 3. The molecule has 1 unspecified atom stereocenters. The first-order chi connectivity index (χ1) is 8.88. The van der Waals surface area contributed by atoms with Gasteiger partial charge < -0.3 is 5.32 Å². The average molecular weight is 280 g/mol. The highest BCUT2D eigenvalue weighted by molar-refractivity contribution is 7.89. The van der Waals surface area contributed by atoms with Gasteiger partial charge in [-0.25, -0.2) is 13.6 Å². The zero-order chi connectivity index (χ0) is 14.5. The van der Waals surface area contributed by atoms with E-state index < -0.39 is 10.0 Å². The molecule has 0 aliphatic carbocycles. The Kier molecular flexibility index (Phi) is 5.10. The topological polar surface area (TPSA) is 89.3 Å². The number of sulfonamides is 1. The van der Waals surface area contributed by atoms with Crippen LogP contribution in [0.4, 0.5) is 0 Å². The van der Waals surface area contributed by atoms with Crippen molar-refractivity contribution in [2.45, 2.75) is 30.7 Å². The number of amides is 1.